The number of nitrogens with one attached hydrogen (secondary N) is 1. The Kier molecular flexibility index (Phi) is 4.30. The molecule has 0 saturated carbocycles. The zero-order valence-electron chi connectivity index (χ0n) is 13.3. The van der Waals surface area contributed by atoms with Crippen LogP contribution in [0.4, 0.5) is 14.7 Å². The molecule has 8 heteroatoms. The van der Waals surface area contributed by atoms with Crippen LogP contribution >= 0.6 is 11.6 Å². The lowest BCUT2D eigenvalue weighted by molar-refractivity contribution is -0.0498. The Bertz CT molecular complexity index is 939. The summed E-state index contributed by atoms with van der Waals surface area (Å²) < 4.78 is 30.8. The highest BCUT2D eigenvalue weighted by molar-refractivity contribution is 6.30. The molecule has 1 aliphatic heterocycles. The minimum absolute atomic E-state index is 0.109. The largest absolute Gasteiger partial charge is 0.435 e. The van der Waals surface area contributed by atoms with Crippen molar-refractivity contribution in [2.45, 2.75) is 12.7 Å². The topological polar surface area (TPSA) is 52.0 Å². The van der Waals surface area contributed by atoms with Crippen LogP contribution < -0.4 is 10.1 Å². The van der Waals surface area contributed by atoms with Crippen molar-refractivity contribution in [1.82, 2.24) is 14.8 Å². The highest BCUT2D eigenvalue weighted by atomic mass is 35.5. The van der Waals surface area contributed by atoms with Crippen molar-refractivity contribution in [2.75, 3.05) is 5.32 Å². The number of aromatic nitrogens is 3. The number of halogens is 3. The summed E-state index contributed by atoms with van der Waals surface area (Å²) in [5.74, 6) is 0.702. The maximum absolute atomic E-state index is 12.3. The lowest BCUT2D eigenvalue weighted by atomic mass is 10.0. The van der Waals surface area contributed by atoms with Crippen LogP contribution in [-0.2, 0) is 0 Å². The van der Waals surface area contributed by atoms with Crippen molar-refractivity contribution in [3.05, 3.63) is 77.1 Å². The van der Waals surface area contributed by atoms with Gasteiger partial charge in [-0.15, -0.1) is 0 Å². The zero-order valence-corrected chi connectivity index (χ0v) is 14.1. The predicted molar refractivity (Wildman–Crippen MR) is 94.3 cm³/mol. The van der Waals surface area contributed by atoms with E-state index in [2.05, 4.69) is 20.1 Å². The highest BCUT2D eigenvalue weighted by Crippen LogP contribution is 2.32. The molecule has 1 atom stereocenters. The van der Waals surface area contributed by atoms with Crippen molar-refractivity contribution in [3.8, 4) is 5.75 Å². The van der Waals surface area contributed by atoms with Crippen LogP contribution in [0.15, 0.2) is 60.9 Å². The average molecular weight is 375 g/mol. The number of rotatable bonds is 4. The number of benzene rings is 2. The Morgan fingerprint density at radius 1 is 1.08 bits per heavy atom. The molecule has 0 aliphatic carbocycles. The standard InChI is InChI=1S/C18H13ClF2N4O/c19-13-5-1-12(2-6-13)16-9-15(24-18-22-10-23-25(16)18)11-3-7-14(8-4-11)26-17(20)21/h1-10,16-17H,(H,22,23,24)/t16-/m0/s1. The molecule has 0 saturated heterocycles. The van der Waals surface area contributed by atoms with E-state index in [-0.39, 0.29) is 11.8 Å². The van der Waals surface area contributed by atoms with Gasteiger partial charge in [0.1, 0.15) is 18.1 Å². The van der Waals surface area contributed by atoms with E-state index in [1.165, 1.54) is 18.5 Å². The summed E-state index contributed by atoms with van der Waals surface area (Å²) in [6, 6.07) is 13.7. The number of nitrogens with zero attached hydrogens (tertiary/aromatic N) is 3. The number of hydrogen-bond donors (Lipinski definition) is 1. The van der Waals surface area contributed by atoms with Gasteiger partial charge in [-0.2, -0.15) is 18.9 Å². The lowest BCUT2D eigenvalue weighted by Crippen LogP contribution is -2.20. The van der Waals surface area contributed by atoms with Gasteiger partial charge in [0.25, 0.3) is 0 Å². The summed E-state index contributed by atoms with van der Waals surface area (Å²) in [5.41, 5.74) is 2.62. The zero-order chi connectivity index (χ0) is 18.1. The van der Waals surface area contributed by atoms with Crippen LogP contribution in [0.25, 0.3) is 5.70 Å². The normalized spacial score (nSPS) is 16.0. The van der Waals surface area contributed by atoms with E-state index in [9.17, 15) is 8.78 Å². The molecule has 0 bridgehead atoms. The third-order valence-electron chi connectivity index (χ3n) is 4.01. The predicted octanol–water partition coefficient (Wildman–Crippen LogP) is 4.59. The minimum atomic E-state index is -2.85. The van der Waals surface area contributed by atoms with Gasteiger partial charge in [0.15, 0.2) is 0 Å². The number of alkyl halides is 2. The smallest absolute Gasteiger partial charge is 0.387 e. The second-order valence-electron chi connectivity index (χ2n) is 5.63. The van der Waals surface area contributed by atoms with Gasteiger partial charge in [0, 0.05) is 10.7 Å². The third-order valence-corrected chi connectivity index (χ3v) is 4.26. The molecule has 26 heavy (non-hydrogen) atoms. The van der Waals surface area contributed by atoms with Gasteiger partial charge < -0.3 is 10.1 Å². The van der Waals surface area contributed by atoms with Crippen molar-refractivity contribution in [1.29, 1.82) is 0 Å². The lowest BCUT2D eigenvalue weighted by Gasteiger charge is -2.24. The highest BCUT2D eigenvalue weighted by Gasteiger charge is 2.23. The van der Waals surface area contributed by atoms with Crippen molar-refractivity contribution in [3.63, 3.8) is 0 Å². The Hall–Kier alpha value is -2.93. The van der Waals surface area contributed by atoms with E-state index in [4.69, 9.17) is 11.6 Å². The molecule has 0 spiro atoms. The van der Waals surface area contributed by atoms with Gasteiger partial charge in [0.05, 0.1) is 0 Å². The van der Waals surface area contributed by atoms with Crippen LogP contribution in [0.3, 0.4) is 0 Å². The first kappa shape index (κ1) is 16.5. The van der Waals surface area contributed by atoms with Crippen LogP contribution in [0.5, 0.6) is 5.75 Å². The number of allylic oxidation sites excluding steroid dienone is 1. The number of ether oxygens (including phenoxy) is 1. The molecule has 0 fully saturated rings. The fourth-order valence-electron chi connectivity index (χ4n) is 2.82. The Morgan fingerprint density at radius 3 is 2.50 bits per heavy atom. The SMILES string of the molecule is FC(F)Oc1ccc(C2=C[C@@H](c3ccc(Cl)cc3)n3ncnc3N2)cc1. The molecule has 1 aromatic heterocycles. The van der Waals surface area contributed by atoms with E-state index in [0.717, 1.165) is 16.8 Å². The molecule has 1 aliphatic rings. The van der Waals surface area contributed by atoms with Gasteiger partial charge >= 0.3 is 6.61 Å². The molecular weight excluding hydrogens is 362 g/mol. The van der Waals surface area contributed by atoms with Gasteiger partial charge in [-0.25, -0.2) is 4.68 Å². The fourth-order valence-corrected chi connectivity index (χ4v) is 2.94. The maximum atomic E-state index is 12.3. The van der Waals surface area contributed by atoms with Crippen molar-refractivity contribution >= 4 is 23.2 Å². The van der Waals surface area contributed by atoms with E-state index in [1.807, 2.05) is 30.3 Å². The van der Waals surface area contributed by atoms with E-state index >= 15 is 0 Å². The molecule has 5 nitrogen and oxygen atoms in total. The summed E-state index contributed by atoms with van der Waals surface area (Å²) >= 11 is 5.98. The number of anilines is 1. The molecule has 0 radical (unpaired) electrons. The maximum Gasteiger partial charge on any atom is 0.387 e. The van der Waals surface area contributed by atoms with Crippen LogP contribution in [0.1, 0.15) is 17.2 Å². The van der Waals surface area contributed by atoms with Crippen molar-refractivity contribution < 1.29 is 13.5 Å². The van der Waals surface area contributed by atoms with Crippen LogP contribution in [0.2, 0.25) is 5.02 Å². The first-order valence-corrected chi connectivity index (χ1v) is 8.17. The molecule has 1 N–H and O–H groups in total. The molecular formula is C18H13ClF2N4O. The summed E-state index contributed by atoms with van der Waals surface area (Å²) in [6.45, 7) is -2.85. The van der Waals surface area contributed by atoms with E-state index < -0.39 is 6.61 Å². The minimum Gasteiger partial charge on any atom is -0.435 e. The third kappa shape index (κ3) is 3.25. The Balaban J connectivity index is 1.69. The van der Waals surface area contributed by atoms with Crippen molar-refractivity contribution in [2.24, 2.45) is 0 Å². The second-order valence-corrected chi connectivity index (χ2v) is 6.07. The van der Waals surface area contributed by atoms with E-state index in [1.54, 1.807) is 16.8 Å². The molecule has 132 valence electrons. The van der Waals surface area contributed by atoms with Gasteiger partial charge in [-0.05, 0) is 53.6 Å². The first-order chi connectivity index (χ1) is 12.6. The Morgan fingerprint density at radius 2 is 1.81 bits per heavy atom. The van der Waals surface area contributed by atoms with Gasteiger partial charge in [0.2, 0.25) is 5.95 Å². The second kappa shape index (κ2) is 6.76. The fraction of sp³-hybridized carbons (Fsp3) is 0.111. The quantitative estimate of drug-likeness (QED) is 0.725. The average Bonchev–Trinajstić information content (AvgIpc) is 3.10. The molecule has 0 amide bonds. The molecule has 2 heterocycles. The number of fused-ring (bicyclic) bond motifs is 1. The van der Waals surface area contributed by atoms with Gasteiger partial charge in [-0.1, -0.05) is 23.7 Å². The van der Waals surface area contributed by atoms with Crippen LogP contribution in [-0.4, -0.2) is 21.4 Å². The van der Waals surface area contributed by atoms with E-state index in [0.29, 0.717) is 11.0 Å². The first-order valence-electron chi connectivity index (χ1n) is 7.79. The molecule has 2 aromatic carbocycles. The van der Waals surface area contributed by atoms with Gasteiger partial charge in [-0.3, -0.25) is 0 Å². The summed E-state index contributed by atoms with van der Waals surface area (Å²) in [4.78, 5) is 4.23. The Labute approximate surface area is 152 Å². The monoisotopic (exact) mass is 374 g/mol. The van der Waals surface area contributed by atoms with Crippen LogP contribution in [0, 0.1) is 0 Å². The number of hydrogen-bond acceptors (Lipinski definition) is 4. The summed E-state index contributed by atoms with van der Waals surface area (Å²) in [7, 11) is 0. The summed E-state index contributed by atoms with van der Waals surface area (Å²) in [6.07, 6.45) is 3.47. The summed E-state index contributed by atoms with van der Waals surface area (Å²) in [5, 5.41) is 8.13. The molecule has 3 aromatic rings. The molecule has 4 rings (SSSR count). The molecule has 0 unspecified atom stereocenters.